The third kappa shape index (κ3) is 1.69. The van der Waals surface area contributed by atoms with E-state index in [0.717, 1.165) is 25.0 Å². The topological polar surface area (TPSA) is 78.8 Å². The monoisotopic (exact) mass is 236 g/mol. The lowest BCUT2D eigenvalue weighted by atomic mass is 10.3. The number of aromatic nitrogens is 3. The Morgan fingerprint density at radius 2 is 2.06 bits per heavy atom. The van der Waals surface area contributed by atoms with Crippen molar-refractivity contribution < 1.29 is 14.0 Å². The molecular formula is C10H9FN4O2. The van der Waals surface area contributed by atoms with Gasteiger partial charge in [0.15, 0.2) is 5.52 Å². The Morgan fingerprint density at radius 1 is 1.29 bits per heavy atom. The molecule has 1 aliphatic carbocycles. The minimum Gasteiger partial charge on any atom is -0.739 e. The van der Waals surface area contributed by atoms with Gasteiger partial charge in [0.25, 0.3) is 0 Å². The van der Waals surface area contributed by atoms with E-state index in [1.807, 2.05) is 0 Å². The molecule has 0 saturated heterocycles. The van der Waals surface area contributed by atoms with Crippen LogP contribution in [0.4, 0.5) is 10.3 Å². The minimum atomic E-state index is -0.577. The van der Waals surface area contributed by atoms with Crippen LogP contribution in [0.2, 0.25) is 0 Å². The molecule has 1 fully saturated rings. The standard InChI is InChI=1S/C10H9FN4O2/c11-6-1-4-8-9(5-6)15(17)13-10(14(8)16)12-7-2-3-7/h1,4-5,7H,2-3H2,(H,12,13). The minimum absolute atomic E-state index is 0.0402. The fourth-order valence-electron chi connectivity index (χ4n) is 1.61. The maximum atomic E-state index is 13.0. The average molecular weight is 236 g/mol. The Bertz CT molecular complexity index is 600. The molecule has 17 heavy (non-hydrogen) atoms. The summed E-state index contributed by atoms with van der Waals surface area (Å²) in [5.41, 5.74) is 0.0147. The van der Waals surface area contributed by atoms with Crippen LogP contribution in [0.15, 0.2) is 18.2 Å². The van der Waals surface area contributed by atoms with E-state index in [9.17, 15) is 14.8 Å². The summed E-state index contributed by atoms with van der Waals surface area (Å²) in [6.45, 7) is 0. The highest BCUT2D eigenvalue weighted by molar-refractivity contribution is 5.67. The first-order chi connectivity index (χ1) is 8.15. The van der Waals surface area contributed by atoms with Gasteiger partial charge in [-0.1, -0.05) is 0 Å². The highest BCUT2D eigenvalue weighted by Gasteiger charge is 2.30. The predicted molar refractivity (Wildman–Crippen MR) is 56.3 cm³/mol. The second-order valence-electron chi connectivity index (χ2n) is 4.04. The Hall–Kier alpha value is -2.18. The van der Waals surface area contributed by atoms with E-state index >= 15 is 0 Å². The van der Waals surface area contributed by atoms with Crippen LogP contribution in [-0.4, -0.2) is 11.1 Å². The van der Waals surface area contributed by atoms with E-state index in [-0.39, 0.29) is 27.9 Å². The molecule has 0 unspecified atom stereocenters. The van der Waals surface area contributed by atoms with Gasteiger partial charge in [-0.15, -0.1) is 0 Å². The van der Waals surface area contributed by atoms with Gasteiger partial charge < -0.3 is 10.4 Å². The maximum absolute atomic E-state index is 13.0. The molecule has 0 bridgehead atoms. The SMILES string of the molecule is [O-][n+]1nc(NC2CC2)[n+]([O-])c2ccc(F)cc21. The van der Waals surface area contributed by atoms with Gasteiger partial charge in [-0.3, -0.25) is 5.32 Å². The van der Waals surface area contributed by atoms with Gasteiger partial charge >= 0.3 is 11.5 Å². The van der Waals surface area contributed by atoms with E-state index in [1.54, 1.807) is 0 Å². The van der Waals surface area contributed by atoms with E-state index in [1.165, 1.54) is 6.07 Å². The van der Waals surface area contributed by atoms with Gasteiger partial charge in [-0.05, 0) is 25.0 Å². The second kappa shape index (κ2) is 3.41. The molecule has 0 spiro atoms. The third-order valence-corrected chi connectivity index (χ3v) is 2.65. The zero-order valence-corrected chi connectivity index (χ0v) is 8.76. The molecule has 2 aromatic rings. The lowest BCUT2D eigenvalue weighted by molar-refractivity contribution is -0.672. The van der Waals surface area contributed by atoms with Crippen molar-refractivity contribution in [2.24, 2.45) is 0 Å². The maximum Gasteiger partial charge on any atom is 0.461 e. The molecule has 1 aliphatic rings. The summed E-state index contributed by atoms with van der Waals surface area (Å²) in [7, 11) is 0. The summed E-state index contributed by atoms with van der Waals surface area (Å²) in [5.74, 6) is -0.617. The fourth-order valence-corrected chi connectivity index (χ4v) is 1.61. The number of fused-ring (bicyclic) bond motifs is 1. The molecule has 6 nitrogen and oxygen atoms in total. The van der Waals surface area contributed by atoms with Crippen molar-refractivity contribution in [1.82, 2.24) is 5.10 Å². The zero-order chi connectivity index (χ0) is 12.0. The summed E-state index contributed by atoms with van der Waals surface area (Å²) < 4.78 is 13.5. The second-order valence-corrected chi connectivity index (χ2v) is 4.04. The van der Waals surface area contributed by atoms with Crippen LogP contribution in [0.25, 0.3) is 11.0 Å². The van der Waals surface area contributed by atoms with Crippen LogP contribution in [-0.2, 0) is 0 Å². The third-order valence-electron chi connectivity index (χ3n) is 2.65. The van der Waals surface area contributed by atoms with Crippen molar-refractivity contribution >= 4 is 17.0 Å². The Kier molecular flexibility index (Phi) is 2.01. The molecule has 0 amide bonds. The number of nitrogens with zero attached hydrogens (tertiary/aromatic N) is 3. The first-order valence-corrected chi connectivity index (χ1v) is 5.24. The van der Waals surface area contributed by atoms with Gasteiger partial charge in [0, 0.05) is 4.85 Å². The average Bonchev–Trinajstić information content (AvgIpc) is 3.09. The van der Waals surface area contributed by atoms with Gasteiger partial charge in [-0.2, -0.15) is 0 Å². The zero-order valence-electron chi connectivity index (χ0n) is 8.76. The van der Waals surface area contributed by atoms with Crippen LogP contribution in [0.1, 0.15) is 12.8 Å². The molecule has 0 atom stereocenters. The number of rotatable bonds is 2. The van der Waals surface area contributed by atoms with Crippen molar-refractivity contribution in [3.63, 3.8) is 0 Å². The van der Waals surface area contributed by atoms with E-state index in [2.05, 4.69) is 10.4 Å². The molecule has 1 aromatic carbocycles. The van der Waals surface area contributed by atoms with Crippen molar-refractivity contribution in [3.8, 4) is 0 Å². The van der Waals surface area contributed by atoms with Crippen molar-refractivity contribution in [1.29, 1.82) is 0 Å². The lowest BCUT2D eigenvalue weighted by Crippen LogP contribution is -2.44. The van der Waals surface area contributed by atoms with Gasteiger partial charge in [0.1, 0.15) is 5.82 Å². The van der Waals surface area contributed by atoms with Crippen molar-refractivity contribution in [3.05, 3.63) is 34.4 Å². The molecule has 0 aliphatic heterocycles. The predicted octanol–water partition coefficient (Wildman–Crippen LogP) is 0.215. The molecule has 0 radical (unpaired) electrons. The summed E-state index contributed by atoms with van der Waals surface area (Å²) in [6, 6.07) is 3.61. The molecule has 3 rings (SSSR count). The summed E-state index contributed by atoms with van der Waals surface area (Å²) in [4.78, 5) is 0.261. The highest BCUT2D eigenvalue weighted by atomic mass is 19.1. The molecule has 88 valence electrons. The van der Waals surface area contributed by atoms with Crippen molar-refractivity contribution in [2.45, 2.75) is 18.9 Å². The first kappa shape index (κ1) is 10.0. The number of anilines is 1. The van der Waals surface area contributed by atoms with E-state index < -0.39 is 5.82 Å². The normalized spacial score (nSPS) is 15.1. The molecule has 1 aromatic heterocycles. The smallest absolute Gasteiger partial charge is 0.461 e. The van der Waals surface area contributed by atoms with Crippen molar-refractivity contribution in [2.75, 3.05) is 5.32 Å². The Labute approximate surface area is 95.5 Å². The highest BCUT2D eigenvalue weighted by Crippen LogP contribution is 2.22. The van der Waals surface area contributed by atoms with Crippen LogP contribution in [0.3, 0.4) is 0 Å². The molecule has 1 N–H and O–H groups in total. The van der Waals surface area contributed by atoms with Gasteiger partial charge in [0.05, 0.1) is 12.1 Å². The molecule has 7 heteroatoms. The summed E-state index contributed by atoms with van der Waals surface area (Å²) >= 11 is 0. The summed E-state index contributed by atoms with van der Waals surface area (Å²) in [5, 5.41) is 29.8. The Balaban J connectivity index is 2.19. The molecule has 1 saturated carbocycles. The van der Waals surface area contributed by atoms with Crippen LogP contribution < -0.4 is 14.9 Å². The van der Waals surface area contributed by atoms with Gasteiger partial charge in [0.2, 0.25) is 5.10 Å². The number of benzene rings is 1. The van der Waals surface area contributed by atoms with Gasteiger partial charge in [-0.25, -0.2) is 9.12 Å². The molecule has 1 heterocycles. The summed E-state index contributed by atoms with van der Waals surface area (Å²) in [6.07, 6.45) is 1.92. The molecular weight excluding hydrogens is 227 g/mol. The Morgan fingerprint density at radius 3 is 2.76 bits per heavy atom. The number of hydrogen-bond donors (Lipinski definition) is 1. The fraction of sp³-hybridized carbons (Fsp3) is 0.300. The van der Waals surface area contributed by atoms with Crippen LogP contribution >= 0.6 is 0 Å². The number of nitrogens with one attached hydrogen (secondary N) is 1. The number of halogens is 1. The van der Waals surface area contributed by atoms with E-state index in [0.29, 0.717) is 4.73 Å². The van der Waals surface area contributed by atoms with E-state index in [4.69, 9.17) is 0 Å². The first-order valence-electron chi connectivity index (χ1n) is 5.24. The number of hydrogen-bond acceptors (Lipinski definition) is 4. The van der Waals surface area contributed by atoms with Crippen LogP contribution in [0, 0.1) is 16.2 Å². The quantitative estimate of drug-likeness (QED) is 0.597. The largest absolute Gasteiger partial charge is 0.739 e. The van der Waals surface area contributed by atoms with Crippen LogP contribution in [0.5, 0.6) is 0 Å². The lowest BCUT2D eigenvalue weighted by Gasteiger charge is -2.09.